The van der Waals surface area contributed by atoms with Crippen molar-refractivity contribution in [1.29, 1.82) is 0 Å². The van der Waals surface area contributed by atoms with Gasteiger partial charge >= 0.3 is 0 Å². The van der Waals surface area contributed by atoms with Gasteiger partial charge in [-0.05, 0) is 49.6 Å². The third-order valence-electron chi connectivity index (χ3n) is 4.26. The number of nitrogens with zero attached hydrogens (tertiary/aromatic N) is 1. The summed E-state index contributed by atoms with van der Waals surface area (Å²) in [6, 6.07) is 12.1. The molecule has 2 aromatic rings. The summed E-state index contributed by atoms with van der Waals surface area (Å²) < 4.78 is 27.4. The maximum Gasteiger partial charge on any atom is 0.243 e. The van der Waals surface area contributed by atoms with Crippen LogP contribution in [0.2, 0.25) is 0 Å². The summed E-state index contributed by atoms with van der Waals surface area (Å²) in [7, 11) is -3.69. The molecule has 1 amide bonds. The molecule has 3 rings (SSSR count). The molecule has 0 radical (unpaired) electrons. The van der Waals surface area contributed by atoms with E-state index in [1.807, 2.05) is 44.2 Å². The minimum atomic E-state index is -3.69. The maximum absolute atomic E-state index is 13.0. The van der Waals surface area contributed by atoms with Gasteiger partial charge in [0.05, 0.1) is 4.90 Å². The Balaban J connectivity index is 1.94. The normalized spacial score (nSPS) is 19.0. The van der Waals surface area contributed by atoms with Gasteiger partial charge in [0.1, 0.15) is 6.04 Å². The van der Waals surface area contributed by atoms with Gasteiger partial charge in [-0.1, -0.05) is 30.3 Å². The number of amides is 1. The van der Waals surface area contributed by atoms with E-state index in [-0.39, 0.29) is 16.8 Å². The first-order valence-corrected chi connectivity index (χ1v) is 9.64. The highest BCUT2D eigenvalue weighted by molar-refractivity contribution is 7.89. The van der Waals surface area contributed by atoms with Gasteiger partial charge in [-0.2, -0.15) is 4.31 Å². The number of carbonyl (C=O) groups is 1. The van der Waals surface area contributed by atoms with E-state index in [9.17, 15) is 13.2 Å². The van der Waals surface area contributed by atoms with Gasteiger partial charge in [-0.25, -0.2) is 8.42 Å². The van der Waals surface area contributed by atoms with Crippen molar-refractivity contribution in [2.45, 2.75) is 43.7 Å². The van der Waals surface area contributed by atoms with Crippen LogP contribution in [0.3, 0.4) is 0 Å². The first kappa shape index (κ1) is 16.9. The van der Waals surface area contributed by atoms with Crippen molar-refractivity contribution in [1.82, 2.24) is 9.62 Å². The van der Waals surface area contributed by atoms with Gasteiger partial charge in [-0.3, -0.25) is 4.79 Å². The number of carbonyl (C=O) groups excluding carboxylic acids is 1. The predicted molar refractivity (Wildman–Crippen MR) is 94.1 cm³/mol. The molecule has 2 aromatic carbocycles. The largest absolute Gasteiger partial charge is 0.353 e. The molecule has 1 aliphatic rings. The fourth-order valence-corrected chi connectivity index (χ4v) is 4.83. The van der Waals surface area contributed by atoms with Crippen LogP contribution in [0.25, 0.3) is 10.8 Å². The molecule has 5 nitrogen and oxygen atoms in total. The van der Waals surface area contributed by atoms with E-state index in [0.29, 0.717) is 19.4 Å². The van der Waals surface area contributed by atoms with Gasteiger partial charge in [0.25, 0.3) is 0 Å². The molecule has 0 aromatic heterocycles. The quantitative estimate of drug-likeness (QED) is 0.925. The lowest BCUT2D eigenvalue weighted by molar-refractivity contribution is -0.124. The fourth-order valence-electron chi connectivity index (χ4n) is 3.13. The van der Waals surface area contributed by atoms with Crippen LogP contribution in [0.5, 0.6) is 0 Å². The second kappa shape index (κ2) is 6.53. The number of nitrogens with one attached hydrogen (secondary N) is 1. The topological polar surface area (TPSA) is 66.5 Å². The van der Waals surface area contributed by atoms with E-state index in [1.165, 1.54) is 4.31 Å². The molecule has 1 heterocycles. The molecule has 1 fully saturated rings. The average molecular weight is 346 g/mol. The van der Waals surface area contributed by atoms with E-state index in [1.54, 1.807) is 12.1 Å². The highest BCUT2D eigenvalue weighted by atomic mass is 32.2. The molecule has 1 atom stereocenters. The number of fused-ring (bicyclic) bond motifs is 1. The van der Waals surface area contributed by atoms with E-state index in [0.717, 1.165) is 10.8 Å². The number of rotatable bonds is 4. The average Bonchev–Trinajstić information content (AvgIpc) is 3.04. The van der Waals surface area contributed by atoms with Gasteiger partial charge < -0.3 is 5.32 Å². The standard InChI is InChI=1S/C18H22N2O3S/c1-13(2)19-18(21)17-8-5-11-20(17)24(22,23)16-10-9-14-6-3-4-7-15(14)12-16/h3-4,6-7,9-10,12-13,17H,5,8,11H2,1-2H3,(H,19,21)/t17-/m1/s1. The van der Waals surface area contributed by atoms with Crippen molar-refractivity contribution in [3.63, 3.8) is 0 Å². The minimum absolute atomic E-state index is 0.0108. The Bertz CT molecular complexity index is 861. The first-order chi connectivity index (χ1) is 11.4. The number of hydrogen-bond acceptors (Lipinski definition) is 3. The maximum atomic E-state index is 13.0. The lowest BCUT2D eigenvalue weighted by Crippen LogP contribution is -2.47. The number of hydrogen-bond donors (Lipinski definition) is 1. The zero-order valence-electron chi connectivity index (χ0n) is 13.9. The molecular weight excluding hydrogens is 324 g/mol. The van der Waals surface area contributed by atoms with Gasteiger partial charge in [0.15, 0.2) is 0 Å². The fraction of sp³-hybridized carbons (Fsp3) is 0.389. The summed E-state index contributed by atoms with van der Waals surface area (Å²) in [5, 5.41) is 4.69. The van der Waals surface area contributed by atoms with Crippen molar-refractivity contribution in [3.05, 3.63) is 42.5 Å². The predicted octanol–water partition coefficient (Wildman–Crippen LogP) is 2.52. The molecule has 24 heavy (non-hydrogen) atoms. The monoisotopic (exact) mass is 346 g/mol. The van der Waals surface area contributed by atoms with E-state index < -0.39 is 16.1 Å². The lowest BCUT2D eigenvalue weighted by Gasteiger charge is -2.24. The molecule has 0 aliphatic carbocycles. The third-order valence-corrected chi connectivity index (χ3v) is 6.17. The zero-order chi connectivity index (χ0) is 17.3. The Morgan fingerprint density at radius 1 is 1.17 bits per heavy atom. The second-order valence-corrected chi connectivity index (χ2v) is 8.34. The zero-order valence-corrected chi connectivity index (χ0v) is 14.7. The molecule has 0 spiro atoms. The van der Waals surface area contributed by atoms with Gasteiger partial charge in [-0.15, -0.1) is 0 Å². The molecule has 0 unspecified atom stereocenters. The third kappa shape index (κ3) is 3.16. The molecule has 0 bridgehead atoms. The summed E-state index contributed by atoms with van der Waals surface area (Å²) in [6.07, 6.45) is 1.26. The summed E-state index contributed by atoms with van der Waals surface area (Å²) >= 11 is 0. The Kier molecular flexibility index (Phi) is 4.60. The van der Waals surface area contributed by atoms with Crippen LogP contribution >= 0.6 is 0 Å². The van der Waals surface area contributed by atoms with Crippen molar-refractivity contribution in [2.24, 2.45) is 0 Å². The SMILES string of the molecule is CC(C)NC(=O)[C@H]1CCCN1S(=O)(=O)c1ccc2ccccc2c1. The molecular formula is C18H22N2O3S. The smallest absolute Gasteiger partial charge is 0.243 e. The van der Waals surface area contributed by atoms with Crippen LogP contribution in [-0.2, 0) is 14.8 Å². The number of benzene rings is 2. The van der Waals surface area contributed by atoms with Crippen LogP contribution in [0.15, 0.2) is 47.4 Å². The molecule has 1 N–H and O–H groups in total. The van der Waals surface area contributed by atoms with Crippen LogP contribution in [0.1, 0.15) is 26.7 Å². The number of sulfonamides is 1. The Labute approximate surface area is 142 Å². The molecule has 1 aliphatic heterocycles. The van der Waals surface area contributed by atoms with Crippen molar-refractivity contribution >= 4 is 26.7 Å². The highest BCUT2D eigenvalue weighted by Gasteiger charge is 2.39. The van der Waals surface area contributed by atoms with Crippen LogP contribution < -0.4 is 5.32 Å². The lowest BCUT2D eigenvalue weighted by atomic mass is 10.1. The highest BCUT2D eigenvalue weighted by Crippen LogP contribution is 2.28. The van der Waals surface area contributed by atoms with Gasteiger partial charge in [0, 0.05) is 12.6 Å². The summed E-state index contributed by atoms with van der Waals surface area (Å²) in [5.41, 5.74) is 0. The summed E-state index contributed by atoms with van der Waals surface area (Å²) in [5.74, 6) is -0.216. The molecule has 6 heteroatoms. The van der Waals surface area contributed by atoms with Crippen LogP contribution in [0.4, 0.5) is 0 Å². The van der Waals surface area contributed by atoms with Crippen LogP contribution in [0, 0.1) is 0 Å². The first-order valence-electron chi connectivity index (χ1n) is 8.20. The molecule has 128 valence electrons. The Morgan fingerprint density at radius 3 is 2.58 bits per heavy atom. The van der Waals surface area contributed by atoms with E-state index in [4.69, 9.17) is 0 Å². The minimum Gasteiger partial charge on any atom is -0.353 e. The van der Waals surface area contributed by atoms with E-state index >= 15 is 0 Å². The van der Waals surface area contributed by atoms with Gasteiger partial charge in [0.2, 0.25) is 15.9 Å². The van der Waals surface area contributed by atoms with Crippen LogP contribution in [-0.4, -0.2) is 37.3 Å². The van der Waals surface area contributed by atoms with E-state index in [2.05, 4.69) is 5.32 Å². The summed E-state index contributed by atoms with van der Waals surface area (Å²) in [4.78, 5) is 12.6. The van der Waals surface area contributed by atoms with Crippen molar-refractivity contribution in [2.75, 3.05) is 6.54 Å². The molecule has 1 saturated heterocycles. The summed E-state index contributed by atoms with van der Waals surface area (Å²) in [6.45, 7) is 4.12. The van der Waals surface area contributed by atoms with Crippen molar-refractivity contribution in [3.8, 4) is 0 Å². The molecule has 0 saturated carbocycles. The Hall–Kier alpha value is -1.92. The Morgan fingerprint density at radius 2 is 1.88 bits per heavy atom. The second-order valence-electron chi connectivity index (χ2n) is 6.45. The van der Waals surface area contributed by atoms with Crippen molar-refractivity contribution < 1.29 is 13.2 Å².